The Morgan fingerprint density at radius 3 is 2.48 bits per heavy atom. The summed E-state index contributed by atoms with van der Waals surface area (Å²) in [6, 6.07) is 18.3. The van der Waals surface area contributed by atoms with Gasteiger partial charge in [0.05, 0.1) is 18.3 Å². The van der Waals surface area contributed by atoms with Crippen LogP contribution in [-0.2, 0) is 11.3 Å². The molecule has 5 rings (SSSR count). The van der Waals surface area contributed by atoms with Gasteiger partial charge in [0, 0.05) is 35.2 Å². The highest BCUT2D eigenvalue weighted by Crippen LogP contribution is 2.35. The topological polar surface area (TPSA) is 90.7 Å². The molecule has 8 nitrogen and oxygen atoms in total. The maximum atomic E-state index is 13.3. The molecule has 0 unspecified atom stereocenters. The third-order valence-electron chi connectivity index (χ3n) is 6.82. The number of carbonyl (C=O) groups is 3. The van der Waals surface area contributed by atoms with Gasteiger partial charge in [0.1, 0.15) is 11.4 Å². The van der Waals surface area contributed by atoms with Crippen molar-refractivity contribution in [1.82, 2.24) is 14.7 Å². The van der Waals surface area contributed by atoms with Gasteiger partial charge >= 0.3 is 6.09 Å². The predicted molar refractivity (Wildman–Crippen MR) is 153 cm³/mol. The summed E-state index contributed by atoms with van der Waals surface area (Å²) in [5, 5.41) is 5.24. The minimum atomic E-state index is -0.643. The molecule has 0 saturated carbocycles. The Morgan fingerprint density at radius 2 is 1.75 bits per heavy atom. The lowest BCUT2D eigenvalue weighted by Gasteiger charge is -2.19. The Balaban J connectivity index is 1.41. The van der Waals surface area contributed by atoms with E-state index in [0.29, 0.717) is 40.2 Å². The number of aromatic nitrogens is 2. The van der Waals surface area contributed by atoms with Crippen molar-refractivity contribution in [2.24, 2.45) is 0 Å². The van der Waals surface area contributed by atoms with E-state index in [1.165, 1.54) is 4.68 Å². The Kier molecular flexibility index (Phi) is 6.79. The number of benzene rings is 3. The zero-order chi connectivity index (χ0) is 28.8. The molecule has 0 bridgehead atoms. The minimum Gasteiger partial charge on any atom is -0.497 e. The van der Waals surface area contributed by atoms with Crippen molar-refractivity contribution in [1.29, 1.82) is 0 Å². The molecule has 3 aromatic carbocycles. The first-order chi connectivity index (χ1) is 19.0. The fourth-order valence-electron chi connectivity index (χ4n) is 4.94. The van der Waals surface area contributed by atoms with Crippen molar-refractivity contribution in [2.45, 2.75) is 39.8 Å². The summed E-state index contributed by atoms with van der Waals surface area (Å²) in [7, 11) is 1.54. The van der Waals surface area contributed by atoms with Crippen LogP contribution in [0.5, 0.6) is 5.75 Å². The molecular formula is C32H31N3O5. The largest absolute Gasteiger partial charge is 0.497 e. The molecule has 1 aliphatic heterocycles. The smallest absolute Gasteiger partial charge is 0.435 e. The van der Waals surface area contributed by atoms with Crippen LogP contribution < -0.4 is 4.74 Å². The van der Waals surface area contributed by atoms with E-state index in [1.807, 2.05) is 58.0 Å². The van der Waals surface area contributed by atoms with Crippen molar-refractivity contribution in [2.75, 3.05) is 13.7 Å². The molecule has 0 radical (unpaired) electrons. The van der Waals surface area contributed by atoms with Crippen LogP contribution in [0.15, 0.2) is 72.8 Å². The molecule has 4 aromatic rings. The van der Waals surface area contributed by atoms with Gasteiger partial charge < -0.3 is 14.4 Å². The molecule has 0 spiro atoms. The average Bonchev–Trinajstić information content (AvgIpc) is 3.43. The van der Waals surface area contributed by atoms with Gasteiger partial charge in [0.25, 0.3) is 5.91 Å². The summed E-state index contributed by atoms with van der Waals surface area (Å²) in [6.07, 6.45) is -0.538. The molecule has 8 heteroatoms. The van der Waals surface area contributed by atoms with Crippen molar-refractivity contribution >= 4 is 28.7 Å². The van der Waals surface area contributed by atoms with Gasteiger partial charge in [-0.05, 0) is 74.7 Å². The van der Waals surface area contributed by atoms with Gasteiger partial charge in [-0.3, -0.25) is 9.59 Å². The van der Waals surface area contributed by atoms with E-state index in [2.05, 4.69) is 11.7 Å². The number of amides is 1. The monoisotopic (exact) mass is 537 g/mol. The molecule has 1 aromatic heterocycles. The van der Waals surface area contributed by atoms with Gasteiger partial charge in [0.15, 0.2) is 5.78 Å². The summed E-state index contributed by atoms with van der Waals surface area (Å²) < 4.78 is 12.0. The van der Waals surface area contributed by atoms with Crippen molar-refractivity contribution < 1.29 is 23.9 Å². The van der Waals surface area contributed by atoms with Gasteiger partial charge in [-0.15, -0.1) is 0 Å². The predicted octanol–water partition coefficient (Wildman–Crippen LogP) is 6.20. The van der Waals surface area contributed by atoms with Crippen molar-refractivity contribution in [3.05, 3.63) is 95.2 Å². The van der Waals surface area contributed by atoms with Crippen LogP contribution >= 0.6 is 0 Å². The first-order valence-corrected chi connectivity index (χ1v) is 13.0. The Labute approximate surface area is 232 Å². The molecule has 40 heavy (non-hydrogen) atoms. The van der Waals surface area contributed by atoms with Crippen molar-refractivity contribution in [3.8, 4) is 16.9 Å². The summed E-state index contributed by atoms with van der Waals surface area (Å²) >= 11 is 0. The minimum absolute atomic E-state index is 0.115. The van der Waals surface area contributed by atoms with Crippen LogP contribution in [0.3, 0.4) is 0 Å². The lowest BCUT2D eigenvalue weighted by molar-refractivity contribution is 0.0521. The van der Waals surface area contributed by atoms with Gasteiger partial charge in [-0.1, -0.05) is 36.9 Å². The molecule has 0 N–H and O–H groups in total. The van der Waals surface area contributed by atoms with E-state index in [-0.39, 0.29) is 18.2 Å². The second-order valence-corrected chi connectivity index (χ2v) is 10.9. The number of nitrogens with zero attached hydrogens (tertiary/aromatic N) is 3. The van der Waals surface area contributed by atoms with E-state index in [9.17, 15) is 14.4 Å². The zero-order valence-electron chi connectivity index (χ0n) is 23.3. The molecule has 1 amide bonds. The van der Waals surface area contributed by atoms with Crippen molar-refractivity contribution in [3.63, 3.8) is 0 Å². The fourth-order valence-corrected chi connectivity index (χ4v) is 4.94. The molecule has 204 valence electrons. The fraction of sp³-hybridized carbons (Fsp3) is 0.250. The number of rotatable bonds is 6. The quantitative estimate of drug-likeness (QED) is 0.215. The number of methoxy groups -OCH3 is 1. The third-order valence-corrected chi connectivity index (χ3v) is 6.82. The van der Waals surface area contributed by atoms with Gasteiger partial charge in [0.2, 0.25) is 0 Å². The van der Waals surface area contributed by atoms with Crippen LogP contribution in [0.25, 0.3) is 22.0 Å². The van der Waals surface area contributed by atoms with Gasteiger partial charge in [-0.25, -0.2) is 4.79 Å². The van der Waals surface area contributed by atoms with E-state index in [4.69, 9.17) is 9.47 Å². The molecule has 0 aliphatic carbocycles. The summed E-state index contributed by atoms with van der Waals surface area (Å²) in [4.78, 5) is 40.7. The number of ketones is 1. The molecule has 0 atom stereocenters. The van der Waals surface area contributed by atoms with E-state index < -0.39 is 11.7 Å². The van der Waals surface area contributed by atoms with E-state index in [0.717, 1.165) is 22.1 Å². The summed E-state index contributed by atoms with van der Waals surface area (Å²) in [5.41, 5.74) is 4.77. The molecule has 0 fully saturated rings. The Morgan fingerprint density at radius 1 is 1.02 bits per heavy atom. The highest BCUT2D eigenvalue weighted by molar-refractivity contribution is 6.09. The number of carbonyl (C=O) groups excluding carboxylic acids is 3. The number of hydrogen-bond acceptors (Lipinski definition) is 6. The number of hydrogen-bond donors (Lipinski definition) is 0. The second kappa shape index (κ2) is 10.1. The zero-order valence-corrected chi connectivity index (χ0v) is 23.3. The molecular weight excluding hydrogens is 506 g/mol. The van der Waals surface area contributed by atoms with Crippen LogP contribution in [0.4, 0.5) is 4.79 Å². The standard InChI is InChI=1S/C32H31N3O5/c1-19(29(36)22-9-7-10-23(15-22)39-6)17-34-18-27-24(11-8-12-25(27)30(34)37)21-13-14-28-26(16-21)20(2)33-35(28)31(38)40-32(3,4)5/h7-16H,1,17-18H2,2-6H3. The summed E-state index contributed by atoms with van der Waals surface area (Å²) in [5.74, 6) is 0.203. The van der Waals surface area contributed by atoms with Crippen LogP contribution in [0.1, 0.15) is 52.7 Å². The number of ether oxygens (including phenoxy) is 2. The maximum Gasteiger partial charge on any atom is 0.435 e. The number of Topliss-reactive ketones (excluding diaryl/α,β-unsaturated/α-hetero) is 1. The molecule has 0 saturated heterocycles. The first-order valence-electron chi connectivity index (χ1n) is 13.0. The maximum absolute atomic E-state index is 13.3. The average molecular weight is 538 g/mol. The molecule has 2 heterocycles. The first kappa shape index (κ1) is 26.9. The highest BCUT2D eigenvalue weighted by atomic mass is 16.6. The summed E-state index contributed by atoms with van der Waals surface area (Å²) in [6.45, 7) is 11.7. The number of aryl methyl sites for hydroxylation is 1. The van der Waals surface area contributed by atoms with Gasteiger partial charge in [-0.2, -0.15) is 9.78 Å². The molecule has 1 aliphatic rings. The van der Waals surface area contributed by atoms with Crippen LogP contribution in [0, 0.1) is 6.92 Å². The SMILES string of the molecule is C=C(CN1Cc2c(cccc2-c2ccc3c(c2)c(C)nn3C(=O)OC(C)(C)C)C1=O)C(=O)c1cccc(OC)c1. The highest BCUT2D eigenvalue weighted by Gasteiger charge is 2.31. The second-order valence-electron chi connectivity index (χ2n) is 10.9. The van der Waals surface area contributed by atoms with E-state index in [1.54, 1.807) is 42.3 Å². The lowest BCUT2D eigenvalue weighted by atomic mass is 9.96. The van der Waals surface area contributed by atoms with Crippen LogP contribution in [0.2, 0.25) is 0 Å². The van der Waals surface area contributed by atoms with E-state index >= 15 is 0 Å². The third kappa shape index (κ3) is 5.00. The lowest BCUT2D eigenvalue weighted by Crippen LogP contribution is -2.28. The van der Waals surface area contributed by atoms with Crippen LogP contribution in [-0.4, -0.2) is 51.7 Å². The number of fused-ring (bicyclic) bond motifs is 2. The Hall–Kier alpha value is -4.72. The Bertz CT molecular complexity index is 1690. The normalized spacial score (nSPS) is 12.9.